The fourth-order valence-electron chi connectivity index (χ4n) is 2.23. The van der Waals surface area contributed by atoms with Crippen molar-refractivity contribution in [1.82, 2.24) is 4.72 Å². The molecule has 2 aromatic rings. The van der Waals surface area contributed by atoms with E-state index in [9.17, 15) is 18.0 Å². The van der Waals surface area contributed by atoms with Gasteiger partial charge >= 0.3 is 5.97 Å². The van der Waals surface area contributed by atoms with Crippen molar-refractivity contribution in [3.63, 3.8) is 0 Å². The van der Waals surface area contributed by atoms with E-state index in [0.717, 1.165) is 0 Å². The Kier molecular flexibility index (Phi) is 6.59. The maximum atomic E-state index is 12.4. The van der Waals surface area contributed by atoms with Crippen LogP contribution in [0.25, 0.3) is 0 Å². The molecule has 0 saturated heterocycles. The monoisotopic (exact) mass is 410 g/mol. The Morgan fingerprint density at radius 1 is 1.15 bits per heavy atom. The highest BCUT2D eigenvalue weighted by atomic mass is 35.5. The van der Waals surface area contributed by atoms with Crippen LogP contribution in [-0.2, 0) is 19.6 Å². The first-order chi connectivity index (χ1) is 12.6. The van der Waals surface area contributed by atoms with Gasteiger partial charge in [-0.1, -0.05) is 23.7 Å². The number of amides is 1. The smallest absolute Gasteiger partial charge is 0.337 e. The highest BCUT2D eigenvalue weighted by Crippen LogP contribution is 2.19. The molecule has 0 radical (unpaired) electrons. The third-order valence-corrected chi connectivity index (χ3v) is 5.52. The molecule has 1 atom stereocenters. The van der Waals surface area contributed by atoms with Crippen molar-refractivity contribution in [2.45, 2.75) is 24.8 Å². The van der Waals surface area contributed by atoms with Gasteiger partial charge in [0.1, 0.15) is 0 Å². The summed E-state index contributed by atoms with van der Waals surface area (Å²) in [4.78, 5) is 24.0. The SMILES string of the molecule is COC(=O)c1ccc(C)c(NC(=O)[C@H](C)NS(=O)(=O)c2cccc(Cl)c2)c1. The first-order valence-electron chi connectivity index (χ1n) is 7.92. The lowest BCUT2D eigenvalue weighted by Gasteiger charge is -2.16. The van der Waals surface area contributed by atoms with Crippen LogP contribution in [0.3, 0.4) is 0 Å². The normalized spacial score (nSPS) is 12.3. The Bertz CT molecular complexity index is 975. The second-order valence-corrected chi connectivity index (χ2v) is 7.96. The molecule has 0 saturated carbocycles. The van der Waals surface area contributed by atoms with Gasteiger partial charge in [0, 0.05) is 10.7 Å². The lowest BCUT2D eigenvalue weighted by atomic mass is 10.1. The van der Waals surface area contributed by atoms with Crippen molar-refractivity contribution in [3.05, 3.63) is 58.6 Å². The Morgan fingerprint density at radius 2 is 1.85 bits per heavy atom. The zero-order valence-electron chi connectivity index (χ0n) is 14.9. The van der Waals surface area contributed by atoms with Gasteiger partial charge < -0.3 is 10.1 Å². The van der Waals surface area contributed by atoms with E-state index in [1.54, 1.807) is 25.1 Å². The minimum absolute atomic E-state index is 0.0430. The number of ether oxygens (including phenoxy) is 1. The molecule has 0 heterocycles. The van der Waals surface area contributed by atoms with E-state index in [1.807, 2.05) is 0 Å². The number of anilines is 1. The van der Waals surface area contributed by atoms with Crippen LogP contribution in [0.15, 0.2) is 47.4 Å². The number of halogens is 1. The molecule has 0 aliphatic rings. The molecule has 2 aromatic carbocycles. The van der Waals surface area contributed by atoms with Gasteiger partial charge in [-0.25, -0.2) is 13.2 Å². The van der Waals surface area contributed by atoms with Crippen molar-refractivity contribution < 1.29 is 22.7 Å². The highest BCUT2D eigenvalue weighted by molar-refractivity contribution is 7.89. The number of benzene rings is 2. The van der Waals surface area contributed by atoms with E-state index < -0.39 is 27.9 Å². The molecule has 0 aliphatic heterocycles. The van der Waals surface area contributed by atoms with Crippen LogP contribution in [0.1, 0.15) is 22.8 Å². The van der Waals surface area contributed by atoms with Crippen molar-refractivity contribution >= 4 is 39.2 Å². The third-order valence-electron chi connectivity index (χ3n) is 3.75. The number of nitrogens with one attached hydrogen (secondary N) is 2. The predicted octanol–water partition coefficient (Wildman–Crippen LogP) is 2.74. The number of rotatable bonds is 6. The van der Waals surface area contributed by atoms with E-state index in [1.165, 1.54) is 38.3 Å². The number of carbonyl (C=O) groups is 2. The van der Waals surface area contributed by atoms with Gasteiger partial charge in [-0.3, -0.25) is 4.79 Å². The van der Waals surface area contributed by atoms with Crippen molar-refractivity contribution in [2.24, 2.45) is 0 Å². The van der Waals surface area contributed by atoms with Crippen LogP contribution in [-0.4, -0.2) is 33.4 Å². The summed E-state index contributed by atoms with van der Waals surface area (Å²) in [5.41, 5.74) is 1.36. The average Bonchev–Trinajstić information content (AvgIpc) is 2.62. The van der Waals surface area contributed by atoms with Crippen LogP contribution in [0.5, 0.6) is 0 Å². The van der Waals surface area contributed by atoms with Gasteiger partial charge in [0.2, 0.25) is 15.9 Å². The number of methoxy groups -OCH3 is 1. The van der Waals surface area contributed by atoms with Gasteiger partial charge in [0.05, 0.1) is 23.6 Å². The zero-order chi connectivity index (χ0) is 20.2. The quantitative estimate of drug-likeness (QED) is 0.713. The van der Waals surface area contributed by atoms with Crippen LogP contribution >= 0.6 is 11.6 Å². The van der Waals surface area contributed by atoms with Crippen LogP contribution in [0.4, 0.5) is 5.69 Å². The molecule has 0 bridgehead atoms. The topological polar surface area (TPSA) is 102 Å². The van der Waals surface area contributed by atoms with Crippen LogP contribution in [0, 0.1) is 6.92 Å². The van der Waals surface area contributed by atoms with Crippen LogP contribution < -0.4 is 10.0 Å². The lowest BCUT2D eigenvalue weighted by Crippen LogP contribution is -2.41. The van der Waals surface area contributed by atoms with Gasteiger partial charge in [-0.05, 0) is 49.7 Å². The zero-order valence-corrected chi connectivity index (χ0v) is 16.5. The molecule has 7 nitrogen and oxygen atoms in total. The molecule has 2 N–H and O–H groups in total. The van der Waals surface area contributed by atoms with Crippen LogP contribution in [0.2, 0.25) is 5.02 Å². The van der Waals surface area contributed by atoms with Gasteiger partial charge in [-0.2, -0.15) is 4.72 Å². The molecule has 0 unspecified atom stereocenters. The molecule has 1 amide bonds. The number of sulfonamides is 1. The summed E-state index contributed by atoms with van der Waals surface area (Å²) < 4.78 is 31.7. The minimum atomic E-state index is -3.92. The standard InChI is InChI=1S/C18H19ClN2O5S/c1-11-7-8-13(18(23)26-3)9-16(11)20-17(22)12(2)21-27(24,25)15-6-4-5-14(19)10-15/h4-10,12,21H,1-3H3,(H,20,22)/t12-/m0/s1. The highest BCUT2D eigenvalue weighted by Gasteiger charge is 2.23. The Morgan fingerprint density at radius 3 is 2.48 bits per heavy atom. The predicted molar refractivity (Wildman–Crippen MR) is 102 cm³/mol. The Balaban J connectivity index is 2.15. The molecule has 2 rings (SSSR count). The lowest BCUT2D eigenvalue weighted by molar-refractivity contribution is -0.117. The minimum Gasteiger partial charge on any atom is -0.465 e. The van der Waals surface area contributed by atoms with E-state index in [0.29, 0.717) is 11.3 Å². The number of aryl methyl sites for hydroxylation is 1. The number of hydrogen-bond donors (Lipinski definition) is 2. The molecular weight excluding hydrogens is 392 g/mol. The fourth-order valence-corrected chi connectivity index (χ4v) is 3.73. The van der Waals surface area contributed by atoms with Crippen molar-refractivity contribution in [3.8, 4) is 0 Å². The summed E-state index contributed by atoms with van der Waals surface area (Å²) in [6.07, 6.45) is 0. The van der Waals surface area contributed by atoms with Gasteiger partial charge in [0.25, 0.3) is 0 Å². The van der Waals surface area contributed by atoms with Gasteiger partial charge in [-0.15, -0.1) is 0 Å². The summed E-state index contributed by atoms with van der Waals surface area (Å²) in [5.74, 6) is -1.12. The first kappa shape index (κ1) is 20.9. The van der Waals surface area contributed by atoms with E-state index >= 15 is 0 Å². The molecular formula is C18H19ClN2O5S. The molecule has 0 fully saturated rings. The fraction of sp³-hybridized carbons (Fsp3) is 0.222. The Labute approximate surface area is 162 Å². The molecule has 27 heavy (non-hydrogen) atoms. The summed E-state index contributed by atoms with van der Waals surface area (Å²) in [6.45, 7) is 3.16. The summed E-state index contributed by atoms with van der Waals surface area (Å²) in [6, 6.07) is 9.36. The average molecular weight is 411 g/mol. The van der Waals surface area contributed by atoms with E-state index in [-0.39, 0.29) is 15.5 Å². The molecule has 0 aliphatic carbocycles. The van der Waals surface area contributed by atoms with Gasteiger partial charge in [0.15, 0.2) is 0 Å². The van der Waals surface area contributed by atoms with E-state index in [2.05, 4.69) is 14.8 Å². The number of esters is 1. The summed E-state index contributed by atoms with van der Waals surface area (Å²) >= 11 is 5.82. The molecule has 0 spiro atoms. The third kappa shape index (κ3) is 5.29. The summed E-state index contributed by atoms with van der Waals surface area (Å²) in [5, 5.41) is 2.88. The largest absolute Gasteiger partial charge is 0.465 e. The first-order valence-corrected chi connectivity index (χ1v) is 9.78. The van der Waals surface area contributed by atoms with Crippen molar-refractivity contribution in [1.29, 1.82) is 0 Å². The second kappa shape index (κ2) is 8.51. The maximum absolute atomic E-state index is 12.4. The number of hydrogen-bond acceptors (Lipinski definition) is 5. The molecule has 144 valence electrons. The molecule has 0 aromatic heterocycles. The van der Waals surface area contributed by atoms with E-state index in [4.69, 9.17) is 11.6 Å². The number of carbonyl (C=O) groups excluding carboxylic acids is 2. The second-order valence-electron chi connectivity index (χ2n) is 5.81. The molecule has 9 heteroatoms. The maximum Gasteiger partial charge on any atom is 0.337 e. The Hall–Kier alpha value is -2.42. The summed E-state index contributed by atoms with van der Waals surface area (Å²) in [7, 11) is -2.67. The van der Waals surface area contributed by atoms with Crippen molar-refractivity contribution in [2.75, 3.05) is 12.4 Å².